The van der Waals surface area contributed by atoms with Crippen LogP contribution >= 0.6 is 0 Å². The Morgan fingerprint density at radius 1 is 0.311 bits per heavy atom. The molecule has 0 saturated heterocycles. The second kappa shape index (κ2) is 57.5. The van der Waals surface area contributed by atoms with Crippen molar-refractivity contribution < 1.29 is 23.9 Å². The van der Waals surface area contributed by atoms with E-state index < -0.39 is 0 Å². The SMILES string of the molecule is CCCCCCCCC(CCCCCC)COC(=O)CCCCCCCN(CCCCCCCC(=O)OCC(CCCCCC)CCCCCCCC)CCN(C)CCCCCC(=O)N(C)CCCCCCCC. The Morgan fingerprint density at radius 2 is 0.608 bits per heavy atom. The van der Waals surface area contributed by atoms with Gasteiger partial charge in [0.05, 0.1) is 13.2 Å². The zero-order valence-corrected chi connectivity index (χ0v) is 51.2. The molecule has 0 rings (SSSR count). The van der Waals surface area contributed by atoms with Gasteiger partial charge in [-0.2, -0.15) is 0 Å². The Morgan fingerprint density at radius 3 is 1.01 bits per heavy atom. The molecule has 8 heteroatoms. The van der Waals surface area contributed by atoms with Gasteiger partial charge >= 0.3 is 11.9 Å². The molecule has 1 amide bonds. The van der Waals surface area contributed by atoms with Crippen molar-refractivity contribution in [2.45, 2.75) is 330 Å². The molecule has 0 aliphatic rings. The topological polar surface area (TPSA) is 79.4 Å². The molecular weight excluding hydrogens is 915 g/mol. The fourth-order valence-corrected chi connectivity index (χ4v) is 10.6. The minimum absolute atomic E-state index is 0.0114. The molecule has 8 nitrogen and oxygen atoms in total. The van der Waals surface area contributed by atoms with Crippen molar-refractivity contribution in [1.82, 2.24) is 14.7 Å². The van der Waals surface area contributed by atoms with Gasteiger partial charge in [0.25, 0.3) is 0 Å². The quantitative estimate of drug-likeness (QED) is 0.0443. The molecule has 0 aromatic heterocycles. The molecule has 0 bridgehead atoms. The van der Waals surface area contributed by atoms with E-state index in [-0.39, 0.29) is 11.9 Å². The summed E-state index contributed by atoms with van der Waals surface area (Å²) in [7, 11) is 4.25. The number of unbranched alkanes of at least 4 members (excludes halogenated alkanes) is 31. The molecule has 0 heterocycles. The number of nitrogens with zero attached hydrogens (tertiary/aromatic N) is 3. The molecule has 0 aromatic carbocycles. The second-order valence-corrected chi connectivity index (χ2v) is 23.5. The largest absolute Gasteiger partial charge is 0.465 e. The Bertz CT molecular complexity index is 1120. The summed E-state index contributed by atoms with van der Waals surface area (Å²) >= 11 is 0. The van der Waals surface area contributed by atoms with Gasteiger partial charge in [0.2, 0.25) is 5.91 Å². The highest BCUT2D eigenvalue weighted by Crippen LogP contribution is 2.22. The van der Waals surface area contributed by atoms with Crippen LogP contribution in [0.5, 0.6) is 0 Å². The van der Waals surface area contributed by atoms with Gasteiger partial charge in [-0.3, -0.25) is 14.4 Å². The highest BCUT2D eigenvalue weighted by Gasteiger charge is 2.15. The third kappa shape index (κ3) is 51.1. The van der Waals surface area contributed by atoms with Gasteiger partial charge < -0.3 is 24.2 Å². The van der Waals surface area contributed by atoms with Gasteiger partial charge in [-0.15, -0.1) is 0 Å². The van der Waals surface area contributed by atoms with Gasteiger partial charge in [-0.05, 0) is 109 Å². The lowest BCUT2D eigenvalue weighted by atomic mass is 9.95. The third-order valence-corrected chi connectivity index (χ3v) is 16.0. The lowest BCUT2D eigenvalue weighted by molar-refractivity contribution is -0.146. The first-order valence-corrected chi connectivity index (χ1v) is 33.2. The van der Waals surface area contributed by atoms with E-state index in [0.29, 0.717) is 50.2 Å². The first-order chi connectivity index (χ1) is 36.2. The molecule has 0 radical (unpaired) electrons. The molecule has 0 aliphatic heterocycles. The van der Waals surface area contributed by atoms with Crippen molar-refractivity contribution >= 4 is 17.8 Å². The summed E-state index contributed by atoms with van der Waals surface area (Å²) in [6.07, 6.45) is 54.8. The number of esters is 2. The second-order valence-electron chi connectivity index (χ2n) is 23.5. The van der Waals surface area contributed by atoms with Crippen molar-refractivity contribution in [3.8, 4) is 0 Å². The van der Waals surface area contributed by atoms with Crippen LogP contribution in [-0.2, 0) is 23.9 Å². The van der Waals surface area contributed by atoms with Gasteiger partial charge in [0.15, 0.2) is 0 Å². The smallest absolute Gasteiger partial charge is 0.305 e. The molecule has 0 fully saturated rings. The van der Waals surface area contributed by atoms with E-state index in [0.717, 1.165) is 90.6 Å². The highest BCUT2D eigenvalue weighted by atomic mass is 16.5. The summed E-state index contributed by atoms with van der Waals surface area (Å²) in [6.45, 7) is 19.0. The lowest BCUT2D eigenvalue weighted by Gasteiger charge is -2.26. The van der Waals surface area contributed by atoms with Crippen LogP contribution in [0.3, 0.4) is 0 Å². The van der Waals surface area contributed by atoms with Crippen molar-refractivity contribution in [3.05, 3.63) is 0 Å². The van der Waals surface area contributed by atoms with E-state index in [1.807, 2.05) is 11.9 Å². The standard InChI is InChI=1S/C66H131N3O5/c1-8-13-18-23-28-38-49-62(47-36-21-16-11-4)60-73-65(71)52-41-30-26-33-45-56-69(59-58-67(6)54-43-35-40-51-64(70)68(7)55-44-32-25-20-15-10-3)57-46-34-27-31-42-53-66(72)74-61-63(48-37-22-17-12-5)50-39-29-24-19-14-9-2/h62-63H,8-61H2,1-7H3. The Hall–Kier alpha value is -1.67. The fourth-order valence-electron chi connectivity index (χ4n) is 10.6. The number of ether oxygens (including phenoxy) is 2. The van der Waals surface area contributed by atoms with Crippen molar-refractivity contribution in [2.24, 2.45) is 11.8 Å². The molecule has 0 spiro atoms. The minimum atomic E-state index is 0.0114. The summed E-state index contributed by atoms with van der Waals surface area (Å²) in [6, 6.07) is 0. The maximum absolute atomic E-state index is 12.8. The average Bonchev–Trinajstić information content (AvgIpc) is 3.40. The molecule has 0 aromatic rings. The van der Waals surface area contributed by atoms with Crippen molar-refractivity contribution in [2.75, 3.05) is 66.6 Å². The van der Waals surface area contributed by atoms with E-state index >= 15 is 0 Å². The van der Waals surface area contributed by atoms with Crippen LogP contribution in [0.25, 0.3) is 0 Å². The predicted octanol–water partition coefficient (Wildman–Crippen LogP) is 19.0. The molecule has 440 valence electrons. The summed E-state index contributed by atoms with van der Waals surface area (Å²) in [5.41, 5.74) is 0. The number of likely N-dealkylation sites (N-methyl/N-ethyl adjacent to an activating group) is 1. The van der Waals surface area contributed by atoms with Crippen molar-refractivity contribution in [3.63, 3.8) is 0 Å². The number of hydrogen-bond acceptors (Lipinski definition) is 7. The van der Waals surface area contributed by atoms with E-state index in [2.05, 4.69) is 51.5 Å². The van der Waals surface area contributed by atoms with Crippen LogP contribution in [0.15, 0.2) is 0 Å². The molecule has 0 aliphatic carbocycles. The molecular formula is C66H131N3O5. The van der Waals surface area contributed by atoms with Gasteiger partial charge in [-0.1, -0.05) is 240 Å². The summed E-state index contributed by atoms with van der Waals surface area (Å²) in [5, 5.41) is 0. The van der Waals surface area contributed by atoms with Gasteiger partial charge in [0, 0.05) is 45.9 Å². The van der Waals surface area contributed by atoms with E-state index in [1.165, 1.54) is 225 Å². The minimum Gasteiger partial charge on any atom is -0.465 e. The zero-order chi connectivity index (χ0) is 54.2. The number of hydrogen-bond donors (Lipinski definition) is 0. The third-order valence-electron chi connectivity index (χ3n) is 16.0. The van der Waals surface area contributed by atoms with E-state index in [1.54, 1.807) is 0 Å². The zero-order valence-electron chi connectivity index (χ0n) is 51.2. The van der Waals surface area contributed by atoms with Gasteiger partial charge in [0.1, 0.15) is 0 Å². The molecule has 74 heavy (non-hydrogen) atoms. The molecule has 0 saturated carbocycles. The maximum Gasteiger partial charge on any atom is 0.305 e. The first kappa shape index (κ1) is 72.3. The summed E-state index contributed by atoms with van der Waals surface area (Å²) in [5.74, 6) is 1.39. The van der Waals surface area contributed by atoms with Crippen LogP contribution in [0.4, 0.5) is 0 Å². The predicted molar refractivity (Wildman–Crippen MR) is 321 cm³/mol. The maximum atomic E-state index is 12.8. The van der Waals surface area contributed by atoms with Crippen molar-refractivity contribution in [1.29, 1.82) is 0 Å². The molecule has 0 N–H and O–H groups in total. The monoisotopic (exact) mass is 1050 g/mol. The highest BCUT2D eigenvalue weighted by molar-refractivity contribution is 5.75. The van der Waals surface area contributed by atoms with Crippen LogP contribution in [0.1, 0.15) is 330 Å². The number of amides is 1. The average molecular weight is 1050 g/mol. The normalized spacial score (nSPS) is 12.5. The first-order valence-electron chi connectivity index (χ1n) is 33.2. The lowest BCUT2D eigenvalue weighted by Crippen LogP contribution is -2.35. The van der Waals surface area contributed by atoms with Crippen LogP contribution in [-0.4, -0.2) is 99.1 Å². The van der Waals surface area contributed by atoms with Gasteiger partial charge in [-0.25, -0.2) is 0 Å². The van der Waals surface area contributed by atoms with E-state index in [4.69, 9.17) is 9.47 Å². The Kier molecular flexibility index (Phi) is 56.2. The number of carbonyl (C=O) groups is 3. The number of rotatable bonds is 60. The Labute approximate surface area is 462 Å². The fraction of sp³-hybridized carbons (Fsp3) is 0.955. The van der Waals surface area contributed by atoms with Crippen LogP contribution in [0.2, 0.25) is 0 Å². The molecule has 2 unspecified atom stereocenters. The summed E-state index contributed by atoms with van der Waals surface area (Å²) < 4.78 is 11.8. The number of carbonyl (C=O) groups excluding carboxylic acids is 3. The molecule has 2 atom stereocenters. The summed E-state index contributed by atoms with van der Waals surface area (Å²) in [4.78, 5) is 45.4. The van der Waals surface area contributed by atoms with Crippen LogP contribution < -0.4 is 0 Å². The van der Waals surface area contributed by atoms with Crippen LogP contribution in [0, 0.1) is 11.8 Å². The van der Waals surface area contributed by atoms with E-state index in [9.17, 15) is 14.4 Å². The Balaban J connectivity index is 4.82.